The smallest absolute Gasteiger partial charge is 0.424 e. The number of nitrogens with one attached hydrogen (secondary N) is 1. The number of halogens is 7. The predicted molar refractivity (Wildman–Crippen MR) is 140 cm³/mol. The van der Waals surface area contributed by atoms with Crippen molar-refractivity contribution < 1.29 is 50.5 Å². The first-order valence-corrected chi connectivity index (χ1v) is 12.5. The molecule has 0 bridgehead atoms. The number of alkyl halides is 3. The third-order valence-electron chi connectivity index (χ3n) is 6.67. The summed E-state index contributed by atoms with van der Waals surface area (Å²) >= 11 is 0. The van der Waals surface area contributed by atoms with Crippen molar-refractivity contribution in [3.8, 4) is 17.0 Å². The summed E-state index contributed by atoms with van der Waals surface area (Å²) < 4.78 is 107. The van der Waals surface area contributed by atoms with Gasteiger partial charge in [0.1, 0.15) is 28.5 Å². The van der Waals surface area contributed by atoms with Crippen molar-refractivity contribution >= 4 is 16.8 Å². The summed E-state index contributed by atoms with van der Waals surface area (Å²) in [5.74, 6) is -6.41. The molecular formula is C29H24F7N3O4. The van der Waals surface area contributed by atoms with Crippen molar-refractivity contribution in [2.75, 3.05) is 13.7 Å². The Morgan fingerprint density at radius 3 is 2.14 bits per heavy atom. The summed E-state index contributed by atoms with van der Waals surface area (Å²) in [5.41, 5.74) is -11.0. The van der Waals surface area contributed by atoms with E-state index in [2.05, 4.69) is 9.97 Å². The fraction of sp³-hybridized carbons (Fsp3) is 0.276. The molecule has 0 saturated carbocycles. The molecule has 2 aromatic carbocycles. The molecule has 0 aliphatic carbocycles. The molecule has 0 radical (unpaired) electrons. The normalized spacial score (nSPS) is 13.6. The summed E-state index contributed by atoms with van der Waals surface area (Å²) in [5, 5.41) is 23.5. The van der Waals surface area contributed by atoms with Crippen LogP contribution in [0.5, 0.6) is 5.75 Å². The van der Waals surface area contributed by atoms with Crippen molar-refractivity contribution in [1.29, 1.82) is 0 Å². The zero-order valence-electron chi connectivity index (χ0n) is 23.0. The average molecular weight is 612 g/mol. The van der Waals surface area contributed by atoms with E-state index in [9.17, 15) is 37.0 Å². The largest absolute Gasteiger partial charge is 0.494 e. The van der Waals surface area contributed by atoms with Crippen LogP contribution in [0.15, 0.2) is 42.5 Å². The van der Waals surface area contributed by atoms with Crippen LogP contribution in [-0.2, 0) is 11.2 Å². The first kappa shape index (κ1) is 31.6. The van der Waals surface area contributed by atoms with Crippen LogP contribution in [0.2, 0.25) is 0 Å². The molecule has 0 spiro atoms. The molecular weight excluding hydrogens is 587 g/mol. The van der Waals surface area contributed by atoms with Crippen molar-refractivity contribution in [3.63, 3.8) is 0 Å². The zero-order chi connectivity index (χ0) is 32.1. The van der Waals surface area contributed by atoms with Crippen molar-refractivity contribution in [2.45, 2.75) is 38.1 Å². The molecule has 228 valence electrons. The molecule has 43 heavy (non-hydrogen) atoms. The second-order valence-corrected chi connectivity index (χ2v) is 10.3. The molecule has 7 nitrogen and oxygen atoms in total. The Labute approximate surface area is 240 Å². The Hall–Kier alpha value is -4.30. The molecule has 0 aliphatic rings. The standard InChI is InChI=1S/C29H24F7N3O4/c1-13-9-15-10-16(11-18(43-4)22(15)39-25(13)33)26(40)37-12-28(42,29(34,35)36)24-21(32)19(27(2,3)41)20(31)23(38-24)14-5-7-17(30)8-6-14/h5-11,41-42H,12H2,1-4H3,(H,37,40). The summed E-state index contributed by atoms with van der Waals surface area (Å²) in [6.45, 7) is 1.49. The molecule has 4 rings (SSSR count). The molecule has 1 unspecified atom stereocenters. The van der Waals surface area contributed by atoms with Gasteiger partial charge in [0.25, 0.3) is 5.91 Å². The van der Waals surface area contributed by atoms with Crippen LogP contribution in [0.4, 0.5) is 30.7 Å². The van der Waals surface area contributed by atoms with Gasteiger partial charge in [0.15, 0.2) is 11.6 Å². The van der Waals surface area contributed by atoms with Crippen LogP contribution >= 0.6 is 0 Å². The Kier molecular flexibility index (Phi) is 8.15. The lowest BCUT2D eigenvalue weighted by Crippen LogP contribution is -2.52. The second-order valence-electron chi connectivity index (χ2n) is 10.3. The third-order valence-corrected chi connectivity index (χ3v) is 6.67. The SMILES string of the molecule is COc1cc(C(=O)NCC(O)(c2nc(-c3ccc(F)cc3)c(F)c(C(C)(C)O)c2F)C(F)(F)F)cc2cc(C)c(F)nc12. The van der Waals surface area contributed by atoms with Gasteiger partial charge in [-0.05, 0) is 63.2 Å². The predicted octanol–water partition coefficient (Wildman–Crippen LogP) is 5.58. The number of rotatable bonds is 7. The molecule has 2 aromatic heterocycles. The van der Waals surface area contributed by atoms with Crippen LogP contribution in [-0.4, -0.2) is 45.9 Å². The van der Waals surface area contributed by atoms with Gasteiger partial charge in [0.2, 0.25) is 11.5 Å². The van der Waals surface area contributed by atoms with E-state index in [0.717, 1.165) is 44.2 Å². The number of pyridine rings is 2. The number of aromatic nitrogens is 2. The van der Waals surface area contributed by atoms with E-state index >= 15 is 8.78 Å². The van der Waals surface area contributed by atoms with Gasteiger partial charge in [-0.25, -0.2) is 23.1 Å². The number of amides is 1. The average Bonchev–Trinajstić information content (AvgIpc) is 2.91. The molecule has 4 aromatic rings. The lowest BCUT2D eigenvalue weighted by Gasteiger charge is -2.32. The van der Waals surface area contributed by atoms with Crippen molar-refractivity contribution in [3.05, 3.63) is 88.2 Å². The molecule has 0 fully saturated rings. The zero-order valence-corrected chi connectivity index (χ0v) is 23.0. The maximum absolute atomic E-state index is 15.7. The van der Waals surface area contributed by atoms with E-state index in [1.165, 1.54) is 26.2 Å². The molecule has 0 aliphatic heterocycles. The number of carbonyl (C=O) groups excluding carboxylic acids is 1. The minimum atomic E-state index is -5.71. The van der Waals surface area contributed by atoms with E-state index in [-0.39, 0.29) is 33.3 Å². The van der Waals surface area contributed by atoms with E-state index in [0.29, 0.717) is 0 Å². The Balaban J connectivity index is 1.83. The second kappa shape index (κ2) is 11.1. The minimum Gasteiger partial charge on any atom is -0.494 e. The van der Waals surface area contributed by atoms with Gasteiger partial charge in [0.05, 0.1) is 24.8 Å². The van der Waals surface area contributed by atoms with Gasteiger partial charge in [0, 0.05) is 22.1 Å². The lowest BCUT2D eigenvalue weighted by atomic mass is 9.89. The van der Waals surface area contributed by atoms with Crippen molar-refractivity contribution in [2.24, 2.45) is 0 Å². The van der Waals surface area contributed by atoms with Gasteiger partial charge in [-0.3, -0.25) is 4.79 Å². The quantitative estimate of drug-likeness (QED) is 0.186. The molecule has 0 saturated heterocycles. The Morgan fingerprint density at radius 1 is 0.953 bits per heavy atom. The van der Waals surface area contributed by atoms with E-state index in [1.807, 2.05) is 5.32 Å². The van der Waals surface area contributed by atoms with Crippen LogP contribution < -0.4 is 10.1 Å². The number of hydrogen-bond acceptors (Lipinski definition) is 6. The van der Waals surface area contributed by atoms with E-state index < -0.39 is 70.2 Å². The molecule has 14 heteroatoms. The van der Waals surface area contributed by atoms with Crippen LogP contribution in [0, 0.1) is 30.3 Å². The summed E-state index contributed by atoms with van der Waals surface area (Å²) in [7, 11) is 1.19. The van der Waals surface area contributed by atoms with Gasteiger partial charge in [-0.15, -0.1) is 0 Å². The van der Waals surface area contributed by atoms with E-state index in [1.54, 1.807) is 0 Å². The molecule has 1 atom stereocenters. The number of aliphatic hydroxyl groups is 2. The number of benzene rings is 2. The van der Waals surface area contributed by atoms with Crippen molar-refractivity contribution in [1.82, 2.24) is 15.3 Å². The number of methoxy groups -OCH3 is 1. The van der Waals surface area contributed by atoms with Gasteiger partial charge in [-0.1, -0.05) is 0 Å². The van der Waals surface area contributed by atoms with Gasteiger partial charge < -0.3 is 20.3 Å². The number of carbonyl (C=O) groups is 1. The fourth-order valence-electron chi connectivity index (χ4n) is 4.41. The molecule has 2 heterocycles. The Morgan fingerprint density at radius 2 is 1.58 bits per heavy atom. The number of aryl methyl sites for hydroxylation is 1. The number of nitrogens with zero attached hydrogens (tertiary/aromatic N) is 2. The highest BCUT2D eigenvalue weighted by Crippen LogP contribution is 2.43. The van der Waals surface area contributed by atoms with Gasteiger partial charge in [-0.2, -0.15) is 17.6 Å². The topological polar surface area (TPSA) is 105 Å². The first-order valence-electron chi connectivity index (χ1n) is 12.5. The summed E-state index contributed by atoms with van der Waals surface area (Å²) in [6, 6.07) is 7.21. The molecule has 3 N–H and O–H groups in total. The maximum atomic E-state index is 15.7. The summed E-state index contributed by atoms with van der Waals surface area (Å²) in [6.07, 6.45) is -5.71. The highest BCUT2D eigenvalue weighted by Gasteiger charge is 2.58. The first-order chi connectivity index (χ1) is 19.9. The molecule has 1 amide bonds. The van der Waals surface area contributed by atoms with Crippen LogP contribution in [0.1, 0.15) is 41.0 Å². The maximum Gasteiger partial charge on any atom is 0.424 e. The lowest BCUT2D eigenvalue weighted by molar-refractivity contribution is -0.266. The van der Waals surface area contributed by atoms with E-state index in [4.69, 9.17) is 4.74 Å². The van der Waals surface area contributed by atoms with Crippen LogP contribution in [0.25, 0.3) is 22.2 Å². The minimum absolute atomic E-state index is 0.0269. The fourth-order valence-corrected chi connectivity index (χ4v) is 4.41. The highest BCUT2D eigenvalue weighted by atomic mass is 19.4. The monoisotopic (exact) mass is 611 g/mol. The summed E-state index contributed by atoms with van der Waals surface area (Å²) in [4.78, 5) is 20.2. The highest BCUT2D eigenvalue weighted by molar-refractivity contribution is 6.00. The number of fused-ring (bicyclic) bond motifs is 1. The van der Waals surface area contributed by atoms with Gasteiger partial charge >= 0.3 is 6.18 Å². The Bertz CT molecular complexity index is 1720. The van der Waals surface area contributed by atoms with Crippen LogP contribution in [0.3, 0.4) is 0 Å². The third kappa shape index (κ3) is 5.84. The number of hydrogen-bond donors (Lipinski definition) is 3. The number of ether oxygens (including phenoxy) is 1.